The van der Waals surface area contributed by atoms with Crippen LogP contribution < -0.4 is 16.0 Å². The van der Waals surface area contributed by atoms with E-state index in [-0.39, 0.29) is 17.1 Å². The summed E-state index contributed by atoms with van der Waals surface area (Å²) in [6, 6.07) is 13.1. The van der Waals surface area contributed by atoms with Crippen LogP contribution in [-0.4, -0.2) is 35.8 Å². The van der Waals surface area contributed by atoms with Crippen LogP contribution in [0.2, 0.25) is 0 Å². The molecule has 0 fully saturated rings. The molecule has 2 aromatic carbocycles. The summed E-state index contributed by atoms with van der Waals surface area (Å²) in [6.45, 7) is 5.06. The number of fused-ring (bicyclic) bond motifs is 1. The third-order valence-corrected chi connectivity index (χ3v) is 6.04. The number of nitrogens with one attached hydrogen (secondary N) is 1. The van der Waals surface area contributed by atoms with Crippen LogP contribution in [0.3, 0.4) is 0 Å². The van der Waals surface area contributed by atoms with Crippen molar-refractivity contribution >= 4 is 11.2 Å². The van der Waals surface area contributed by atoms with E-state index in [4.69, 9.17) is 9.26 Å². The van der Waals surface area contributed by atoms with Gasteiger partial charge in [-0.1, -0.05) is 19.0 Å². The van der Waals surface area contributed by atoms with Crippen molar-refractivity contribution in [2.75, 3.05) is 6.61 Å². The van der Waals surface area contributed by atoms with E-state index in [0.717, 1.165) is 12.0 Å². The summed E-state index contributed by atoms with van der Waals surface area (Å²) in [5.74, 6) is 1.61. The van der Waals surface area contributed by atoms with Gasteiger partial charge in [0, 0.05) is 30.6 Å². The van der Waals surface area contributed by atoms with Gasteiger partial charge in [-0.05, 0) is 61.4 Å². The highest BCUT2D eigenvalue weighted by atomic mass is 19.1. The minimum atomic E-state index is -0.359. The first-order chi connectivity index (χ1) is 18.5. The molecular formula is C27H27FN6O4. The Morgan fingerprint density at radius 3 is 2.32 bits per heavy atom. The van der Waals surface area contributed by atoms with Crippen LogP contribution in [0, 0.1) is 5.82 Å². The van der Waals surface area contributed by atoms with Gasteiger partial charge in [-0.15, -0.1) is 0 Å². The fourth-order valence-corrected chi connectivity index (χ4v) is 4.18. The Bertz CT molecular complexity index is 1670. The van der Waals surface area contributed by atoms with Crippen molar-refractivity contribution in [2.24, 2.45) is 0 Å². The quantitative estimate of drug-likeness (QED) is 0.294. The smallest absolute Gasteiger partial charge is 0.332 e. The summed E-state index contributed by atoms with van der Waals surface area (Å²) in [7, 11) is 0. The van der Waals surface area contributed by atoms with Crippen LogP contribution in [0.25, 0.3) is 34.0 Å². The number of benzene rings is 2. The van der Waals surface area contributed by atoms with Crippen LogP contribution >= 0.6 is 0 Å². The number of H-pyrrole nitrogens is 1. The van der Waals surface area contributed by atoms with E-state index in [0.29, 0.717) is 72.6 Å². The van der Waals surface area contributed by atoms with Gasteiger partial charge >= 0.3 is 5.69 Å². The fraction of sp³-hybridized carbons (Fsp3) is 0.296. The second-order valence-corrected chi connectivity index (χ2v) is 8.82. The molecule has 3 aromatic heterocycles. The van der Waals surface area contributed by atoms with E-state index in [1.165, 1.54) is 16.7 Å². The van der Waals surface area contributed by atoms with Gasteiger partial charge in [-0.25, -0.2) is 14.2 Å². The molecule has 0 aliphatic heterocycles. The Morgan fingerprint density at radius 2 is 1.61 bits per heavy atom. The van der Waals surface area contributed by atoms with Crippen molar-refractivity contribution in [3.05, 3.63) is 81.0 Å². The normalized spacial score (nSPS) is 11.3. The van der Waals surface area contributed by atoms with E-state index in [2.05, 4.69) is 20.1 Å². The lowest BCUT2D eigenvalue weighted by Gasteiger charge is -2.09. The maximum atomic E-state index is 13.1. The second-order valence-electron chi connectivity index (χ2n) is 8.82. The van der Waals surface area contributed by atoms with Crippen LogP contribution in [0.4, 0.5) is 4.39 Å². The molecule has 10 nitrogen and oxygen atoms in total. The molecule has 0 amide bonds. The van der Waals surface area contributed by atoms with Crippen LogP contribution in [-0.2, 0) is 19.5 Å². The van der Waals surface area contributed by atoms with E-state index in [1.54, 1.807) is 28.8 Å². The van der Waals surface area contributed by atoms with Crippen LogP contribution in [0.1, 0.15) is 32.5 Å². The maximum absolute atomic E-state index is 13.1. The molecular weight excluding hydrogens is 491 g/mol. The highest BCUT2D eigenvalue weighted by molar-refractivity contribution is 5.75. The third-order valence-electron chi connectivity index (χ3n) is 6.04. The van der Waals surface area contributed by atoms with Crippen LogP contribution in [0.5, 0.6) is 5.75 Å². The Kier molecular flexibility index (Phi) is 7.16. The Hall–Kier alpha value is -4.54. The lowest BCUT2D eigenvalue weighted by atomic mass is 10.2. The molecule has 38 heavy (non-hydrogen) atoms. The number of hydrogen-bond acceptors (Lipinski definition) is 7. The average Bonchev–Trinajstić information content (AvgIpc) is 3.58. The van der Waals surface area contributed by atoms with Gasteiger partial charge in [0.25, 0.3) is 11.4 Å². The Labute approximate surface area is 216 Å². The zero-order valence-corrected chi connectivity index (χ0v) is 21.1. The molecule has 0 aliphatic carbocycles. The molecule has 0 bridgehead atoms. The molecule has 0 aliphatic rings. The van der Waals surface area contributed by atoms with E-state index in [9.17, 15) is 14.0 Å². The predicted molar refractivity (Wildman–Crippen MR) is 140 cm³/mol. The highest BCUT2D eigenvalue weighted by Crippen LogP contribution is 2.22. The largest absolute Gasteiger partial charge is 0.493 e. The SMILES string of the molecule is CCCn1c(=O)c2[nH]c(-c3ccc(OCCc4noc(-c5ccc(F)cc5)n4)cc3)nc2n(CCC)c1=O. The number of hydrogen-bond donors (Lipinski definition) is 1. The molecule has 0 atom stereocenters. The Balaban J connectivity index is 1.29. The number of nitrogens with zero attached hydrogens (tertiary/aromatic N) is 5. The first kappa shape index (κ1) is 25.1. The summed E-state index contributed by atoms with van der Waals surface area (Å²) in [4.78, 5) is 37.9. The van der Waals surface area contributed by atoms with Crippen molar-refractivity contribution in [1.82, 2.24) is 29.2 Å². The molecule has 0 spiro atoms. The first-order valence-electron chi connectivity index (χ1n) is 12.5. The Morgan fingerprint density at radius 1 is 0.921 bits per heavy atom. The summed E-state index contributed by atoms with van der Waals surface area (Å²) in [5.41, 5.74) is 1.39. The molecule has 5 aromatic rings. The zero-order chi connectivity index (χ0) is 26.6. The molecule has 5 rings (SSSR count). The van der Waals surface area contributed by atoms with Gasteiger partial charge in [-0.3, -0.25) is 13.9 Å². The van der Waals surface area contributed by atoms with Crippen molar-refractivity contribution in [2.45, 2.75) is 46.2 Å². The third kappa shape index (κ3) is 4.99. The van der Waals surface area contributed by atoms with Gasteiger partial charge in [-0.2, -0.15) is 4.98 Å². The van der Waals surface area contributed by atoms with E-state index < -0.39 is 0 Å². The second kappa shape index (κ2) is 10.8. The lowest BCUT2D eigenvalue weighted by molar-refractivity contribution is 0.315. The molecule has 11 heteroatoms. The zero-order valence-electron chi connectivity index (χ0n) is 21.1. The molecule has 0 saturated carbocycles. The highest BCUT2D eigenvalue weighted by Gasteiger charge is 2.17. The van der Waals surface area contributed by atoms with E-state index in [1.807, 2.05) is 26.0 Å². The molecule has 1 N–H and O–H groups in total. The average molecular weight is 519 g/mol. The van der Waals surface area contributed by atoms with Crippen molar-refractivity contribution < 1.29 is 13.7 Å². The summed E-state index contributed by atoms with van der Waals surface area (Å²) in [6.07, 6.45) is 1.84. The fourth-order valence-electron chi connectivity index (χ4n) is 4.18. The predicted octanol–water partition coefficient (Wildman–Crippen LogP) is 4.18. The molecule has 3 heterocycles. The number of halogens is 1. The van der Waals surface area contributed by atoms with E-state index >= 15 is 0 Å². The van der Waals surface area contributed by atoms with Gasteiger partial charge in [0.1, 0.15) is 22.9 Å². The standard InChI is InChI=1S/C27H27FN6O4/c1-3-14-33-24-22(26(35)34(15-4-2)27(33)36)30-23(31-24)17-7-11-20(12-8-17)37-16-13-21-29-25(38-32-21)18-5-9-19(28)10-6-18/h5-12H,3-4,13-16H2,1-2H3,(H,30,31). The molecule has 196 valence electrons. The van der Waals surface area contributed by atoms with Gasteiger partial charge < -0.3 is 14.2 Å². The van der Waals surface area contributed by atoms with Gasteiger partial charge in [0.05, 0.1) is 6.61 Å². The van der Waals surface area contributed by atoms with Crippen LogP contribution in [0.15, 0.2) is 62.6 Å². The number of imidazole rings is 1. The molecule has 0 radical (unpaired) electrons. The topological polar surface area (TPSA) is 121 Å². The minimum absolute atomic E-state index is 0.320. The van der Waals surface area contributed by atoms with Crippen molar-refractivity contribution in [1.29, 1.82) is 0 Å². The molecule has 0 saturated heterocycles. The summed E-state index contributed by atoms with van der Waals surface area (Å²) < 4.78 is 27.0. The number of rotatable bonds is 10. The minimum Gasteiger partial charge on any atom is -0.493 e. The van der Waals surface area contributed by atoms with Gasteiger partial charge in [0.2, 0.25) is 0 Å². The number of aromatic nitrogens is 6. The van der Waals surface area contributed by atoms with Gasteiger partial charge in [0.15, 0.2) is 11.5 Å². The van der Waals surface area contributed by atoms with Crippen molar-refractivity contribution in [3.8, 4) is 28.6 Å². The van der Waals surface area contributed by atoms with Crippen molar-refractivity contribution in [3.63, 3.8) is 0 Å². The maximum Gasteiger partial charge on any atom is 0.332 e. The molecule has 0 unspecified atom stereocenters. The summed E-state index contributed by atoms with van der Waals surface area (Å²) in [5, 5.41) is 3.95. The number of aryl methyl sites for hydroxylation is 1. The summed E-state index contributed by atoms with van der Waals surface area (Å²) >= 11 is 0. The first-order valence-corrected chi connectivity index (χ1v) is 12.5. The monoisotopic (exact) mass is 518 g/mol. The number of ether oxygens (including phenoxy) is 1. The lowest BCUT2D eigenvalue weighted by Crippen LogP contribution is -2.40. The number of aromatic amines is 1.